The van der Waals surface area contributed by atoms with Crippen molar-refractivity contribution in [3.05, 3.63) is 0 Å². The van der Waals surface area contributed by atoms with E-state index < -0.39 is 6.22 Å². The zero-order chi connectivity index (χ0) is 8.53. The minimum atomic E-state index is -1.78. The molecule has 0 aromatic rings. The van der Waals surface area contributed by atoms with Crippen LogP contribution in [-0.4, -0.2) is 39.8 Å². The van der Waals surface area contributed by atoms with E-state index in [1.807, 2.05) is 0 Å². The zero-order valence-electron chi connectivity index (χ0n) is 6.34. The number of halogens is 1. The van der Waals surface area contributed by atoms with Crippen LogP contribution in [0.25, 0.3) is 0 Å². The largest absolute Gasteiger partial charge is 0.495 e. The summed E-state index contributed by atoms with van der Waals surface area (Å²) < 4.78 is 24.8. The van der Waals surface area contributed by atoms with Crippen molar-refractivity contribution in [2.45, 2.75) is 0 Å². The third-order valence-electron chi connectivity index (χ3n) is 0.875. The van der Waals surface area contributed by atoms with E-state index in [1.54, 1.807) is 7.11 Å². The van der Waals surface area contributed by atoms with E-state index in [2.05, 4.69) is 9.47 Å². The van der Waals surface area contributed by atoms with Gasteiger partial charge in [-0.15, -0.1) is 4.39 Å². The molecule has 5 heteroatoms. The van der Waals surface area contributed by atoms with Crippen LogP contribution in [-0.2, 0) is 14.2 Å². The molecule has 0 N–H and O–H groups in total. The maximum Gasteiger partial charge on any atom is 0.495 e. The van der Waals surface area contributed by atoms with Gasteiger partial charge in [-0.2, -0.15) is 0 Å². The number of rotatable bonds is 6. The fraction of sp³-hybridized carbons (Fsp3) is 0.833. The van der Waals surface area contributed by atoms with E-state index in [0.717, 1.165) is 0 Å². The van der Waals surface area contributed by atoms with E-state index in [9.17, 15) is 9.18 Å². The molecule has 66 valence electrons. The van der Waals surface area contributed by atoms with Crippen molar-refractivity contribution in [3.63, 3.8) is 0 Å². The summed E-state index contributed by atoms with van der Waals surface area (Å²) in [6.07, 6.45) is -1.78. The molecule has 0 aliphatic rings. The van der Waals surface area contributed by atoms with Gasteiger partial charge in [-0.1, -0.05) is 0 Å². The van der Waals surface area contributed by atoms with Crippen LogP contribution < -0.4 is 0 Å². The predicted octanol–water partition coefficient (Wildman–Crippen LogP) is 0.756. The Hall–Kier alpha value is -0.680. The quantitative estimate of drug-likeness (QED) is 0.431. The summed E-state index contributed by atoms with van der Waals surface area (Å²) in [6.45, 7) is 1.03. The lowest BCUT2D eigenvalue weighted by Gasteiger charge is -2.01. The molecule has 4 nitrogen and oxygen atoms in total. The fourth-order valence-corrected chi connectivity index (χ4v) is 0.425. The van der Waals surface area contributed by atoms with Gasteiger partial charge in [0.25, 0.3) is 0 Å². The van der Waals surface area contributed by atoms with Crippen LogP contribution in [0.15, 0.2) is 0 Å². The summed E-state index contributed by atoms with van der Waals surface area (Å²) in [6, 6.07) is 0. The molecule has 0 heterocycles. The minimum Gasteiger partial charge on any atom is -0.438 e. The third-order valence-corrected chi connectivity index (χ3v) is 0.875. The molecular weight excluding hydrogens is 155 g/mol. The molecule has 0 aromatic carbocycles. The van der Waals surface area contributed by atoms with Gasteiger partial charge in [-0.05, 0) is 0 Å². The molecule has 0 spiro atoms. The maximum atomic E-state index is 11.3. The molecule has 0 saturated heterocycles. The Morgan fingerprint density at radius 1 is 1.27 bits per heavy atom. The van der Waals surface area contributed by atoms with Gasteiger partial charge in [-0.3, -0.25) is 0 Å². The van der Waals surface area contributed by atoms with Gasteiger partial charge in [0.2, 0.25) is 0 Å². The molecule has 0 fully saturated rings. The second-order valence-corrected chi connectivity index (χ2v) is 1.69. The molecule has 11 heavy (non-hydrogen) atoms. The lowest BCUT2D eigenvalue weighted by Crippen LogP contribution is -2.09. The molecular formula is C6H11FO4. The standard InChI is InChI=1S/C6H11FO4/c1-9-2-3-10-4-5-11-6(7)8/h2-5H2,1H3. The van der Waals surface area contributed by atoms with Gasteiger partial charge in [0.1, 0.15) is 6.61 Å². The fourth-order valence-electron chi connectivity index (χ4n) is 0.425. The summed E-state index contributed by atoms with van der Waals surface area (Å²) in [5.74, 6) is 0. The Kier molecular flexibility index (Phi) is 6.97. The minimum absolute atomic E-state index is 0.0565. The first-order valence-corrected chi connectivity index (χ1v) is 3.16. The Morgan fingerprint density at radius 2 is 1.91 bits per heavy atom. The second-order valence-electron chi connectivity index (χ2n) is 1.69. The number of carbonyl (C=O) groups excluding carboxylic acids is 1. The maximum absolute atomic E-state index is 11.3. The summed E-state index contributed by atoms with van der Waals surface area (Å²) in [4.78, 5) is 9.56. The summed E-state index contributed by atoms with van der Waals surface area (Å²) in [7, 11) is 1.55. The van der Waals surface area contributed by atoms with Crippen LogP contribution in [0.3, 0.4) is 0 Å². The Morgan fingerprint density at radius 3 is 2.45 bits per heavy atom. The van der Waals surface area contributed by atoms with Crippen LogP contribution >= 0.6 is 0 Å². The van der Waals surface area contributed by atoms with Gasteiger partial charge < -0.3 is 14.2 Å². The van der Waals surface area contributed by atoms with E-state index in [1.165, 1.54) is 0 Å². The van der Waals surface area contributed by atoms with E-state index in [0.29, 0.717) is 13.2 Å². The van der Waals surface area contributed by atoms with Crippen LogP contribution in [0.5, 0.6) is 0 Å². The lowest BCUT2D eigenvalue weighted by atomic mass is 10.7. The van der Waals surface area contributed by atoms with E-state index >= 15 is 0 Å². The molecule has 0 amide bonds. The zero-order valence-corrected chi connectivity index (χ0v) is 6.34. The van der Waals surface area contributed by atoms with Crippen LogP contribution in [0.1, 0.15) is 0 Å². The van der Waals surface area contributed by atoms with Gasteiger partial charge in [0.15, 0.2) is 0 Å². The molecule has 0 saturated carbocycles. The van der Waals surface area contributed by atoms with Crippen molar-refractivity contribution < 1.29 is 23.4 Å². The SMILES string of the molecule is COCCOCCOC(=O)F. The molecule has 0 atom stereocenters. The number of methoxy groups -OCH3 is 1. The molecule has 0 radical (unpaired) electrons. The van der Waals surface area contributed by atoms with Crippen LogP contribution in [0.2, 0.25) is 0 Å². The summed E-state index contributed by atoms with van der Waals surface area (Å²) in [5.41, 5.74) is 0. The van der Waals surface area contributed by atoms with Crippen molar-refractivity contribution in [3.8, 4) is 0 Å². The summed E-state index contributed by atoms with van der Waals surface area (Å²) in [5, 5.41) is 0. The van der Waals surface area contributed by atoms with Crippen LogP contribution in [0, 0.1) is 0 Å². The first kappa shape index (κ1) is 10.3. The van der Waals surface area contributed by atoms with Gasteiger partial charge in [0, 0.05) is 7.11 Å². The number of hydrogen-bond acceptors (Lipinski definition) is 4. The number of carbonyl (C=O) groups is 1. The molecule has 0 rings (SSSR count). The third kappa shape index (κ3) is 9.32. The van der Waals surface area contributed by atoms with Crippen LogP contribution in [0.4, 0.5) is 9.18 Å². The average molecular weight is 166 g/mol. The van der Waals surface area contributed by atoms with Crippen molar-refractivity contribution in [2.24, 2.45) is 0 Å². The smallest absolute Gasteiger partial charge is 0.438 e. The van der Waals surface area contributed by atoms with Crippen molar-refractivity contribution in [2.75, 3.05) is 33.5 Å². The van der Waals surface area contributed by atoms with E-state index in [-0.39, 0.29) is 13.2 Å². The highest BCUT2D eigenvalue weighted by molar-refractivity contribution is 5.57. The van der Waals surface area contributed by atoms with Gasteiger partial charge >= 0.3 is 6.22 Å². The van der Waals surface area contributed by atoms with Crippen molar-refractivity contribution >= 4 is 6.22 Å². The lowest BCUT2D eigenvalue weighted by molar-refractivity contribution is 0.0367. The average Bonchev–Trinajstić information content (AvgIpc) is 1.96. The van der Waals surface area contributed by atoms with Gasteiger partial charge in [0.05, 0.1) is 19.8 Å². The molecule has 0 aromatic heterocycles. The number of hydrogen-bond donors (Lipinski definition) is 0. The molecule has 0 aliphatic heterocycles. The summed E-state index contributed by atoms with van der Waals surface area (Å²) >= 11 is 0. The predicted molar refractivity (Wildman–Crippen MR) is 35.2 cm³/mol. The number of ether oxygens (including phenoxy) is 3. The highest BCUT2D eigenvalue weighted by Gasteiger charge is 1.95. The molecule has 0 unspecified atom stereocenters. The molecule has 0 aliphatic carbocycles. The normalized spacial score (nSPS) is 9.64. The second kappa shape index (κ2) is 7.43. The van der Waals surface area contributed by atoms with Crippen molar-refractivity contribution in [1.29, 1.82) is 0 Å². The molecule has 0 bridgehead atoms. The highest BCUT2D eigenvalue weighted by Crippen LogP contribution is 1.83. The van der Waals surface area contributed by atoms with Gasteiger partial charge in [-0.25, -0.2) is 4.79 Å². The van der Waals surface area contributed by atoms with Crippen molar-refractivity contribution in [1.82, 2.24) is 0 Å². The van der Waals surface area contributed by atoms with E-state index in [4.69, 9.17) is 4.74 Å². The first-order valence-electron chi connectivity index (χ1n) is 3.16. The Labute approximate surface area is 64.2 Å². The Balaban J connectivity index is 2.85. The first-order chi connectivity index (χ1) is 5.27. The monoisotopic (exact) mass is 166 g/mol. The topological polar surface area (TPSA) is 44.8 Å². The highest BCUT2D eigenvalue weighted by atomic mass is 19.1. The Bertz CT molecular complexity index is 107.